The van der Waals surface area contributed by atoms with Gasteiger partial charge in [-0.15, -0.1) is 0 Å². The molecule has 2 heterocycles. The topological polar surface area (TPSA) is 46.0 Å². The molecule has 0 unspecified atom stereocenters. The van der Waals surface area contributed by atoms with E-state index in [-0.39, 0.29) is 17.8 Å². The molecule has 0 aromatic carbocycles. The Hall–Kier alpha value is -1.76. The van der Waals surface area contributed by atoms with Crippen molar-refractivity contribution >= 4 is 5.97 Å². The van der Waals surface area contributed by atoms with Crippen LogP contribution in [0.5, 0.6) is 0 Å². The average molecular weight is 219 g/mol. The second-order valence-corrected chi connectivity index (χ2v) is 3.96. The van der Waals surface area contributed by atoms with Crippen LogP contribution < -0.4 is 4.57 Å². The van der Waals surface area contributed by atoms with Gasteiger partial charge in [-0.05, 0) is 12.3 Å². The largest absolute Gasteiger partial charge is 0.464 e. The van der Waals surface area contributed by atoms with Gasteiger partial charge >= 0.3 is 5.97 Å². The minimum Gasteiger partial charge on any atom is -0.464 e. The van der Waals surface area contributed by atoms with Crippen LogP contribution in [0.25, 0.3) is 0 Å². The Labute approximate surface area is 94.6 Å². The quantitative estimate of drug-likeness (QED) is 0.422. The summed E-state index contributed by atoms with van der Waals surface area (Å²) in [6.07, 6.45) is 4.46. The molecule has 0 aliphatic carbocycles. The van der Waals surface area contributed by atoms with Crippen molar-refractivity contribution in [1.82, 2.24) is 4.98 Å². The summed E-state index contributed by atoms with van der Waals surface area (Å²) in [7, 11) is 1.92. The summed E-state index contributed by atoms with van der Waals surface area (Å²) in [5.74, 6) is 6.05. The summed E-state index contributed by atoms with van der Waals surface area (Å²) < 4.78 is 6.92. The number of esters is 1. The smallest absolute Gasteiger partial charge is 0.310 e. The molecule has 1 aliphatic heterocycles. The van der Waals surface area contributed by atoms with Crippen molar-refractivity contribution in [2.45, 2.75) is 13.3 Å². The molecule has 1 saturated heterocycles. The van der Waals surface area contributed by atoms with E-state index in [1.165, 1.54) is 0 Å². The normalized spacial score (nSPS) is 23.8. The van der Waals surface area contributed by atoms with E-state index < -0.39 is 0 Å². The number of aromatic amines is 1. The fourth-order valence-electron chi connectivity index (χ4n) is 1.84. The van der Waals surface area contributed by atoms with Crippen molar-refractivity contribution < 1.29 is 14.1 Å². The highest BCUT2D eigenvalue weighted by molar-refractivity contribution is 5.75. The van der Waals surface area contributed by atoms with Crippen molar-refractivity contribution in [1.29, 1.82) is 0 Å². The van der Waals surface area contributed by atoms with Gasteiger partial charge in [0.05, 0.1) is 18.9 Å². The first-order chi connectivity index (χ1) is 7.72. The van der Waals surface area contributed by atoms with Crippen LogP contribution in [0.15, 0.2) is 12.5 Å². The van der Waals surface area contributed by atoms with Gasteiger partial charge in [0.1, 0.15) is 12.8 Å². The molecular weight excluding hydrogens is 204 g/mol. The Balaban J connectivity index is 2.14. The van der Waals surface area contributed by atoms with Crippen LogP contribution in [0.1, 0.15) is 19.0 Å². The van der Waals surface area contributed by atoms with E-state index in [0.29, 0.717) is 6.61 Å². The molecule has 1 aliphatic rings. The highest BCUT2D eigenvalue weighted by Gasteiger charge is 2.34. The summed E-state index contributed by atoms with van der Waals surface area (Å²) in [4.78, 5) is 14.3. The zero-order chi connectivity index (χ0) is 11.5. The molecule has 0 spiro atoms. The van der Waals surface area contributed by atoms with E-state index in [9.17, 15) is 4.79 Å². The first-order valence-electron chi connectivity index (χ1n) is 5.43. The Morgan fingerprint density at radius 2 is 2.50 bits per heavy atom. The molecule has 2 rings (SSSR count). The van der Waals surface area contributed by atoms with E-state index in [0.717, 1.165) is 12.1 Å². The number of cyclic esters (lactones) is 1. The molecular formula is C12H15N2O2+. The van der Waals surface area contributed by atoms with Gasteiger partial charge in [0, 0.05) is 0 Å². The lowest BCUT2D eigenvalue weighted by Crippen LogP contribution is -2.28. The number of nitrogens with zero attached hydrogens (tertiary/aromatic N) is 1. The zero-order valence-electron chi connectivity index (χ0n) is 9.49. The van der Waals surface area contributed by atoms with E-state index >= 15 is 0 Å². The molecule has 4 heteroatoms. The minimum absolute atomic E-state index is 0.0346. The molecule has 1 aromatic rings. The van der Waals surface area contributed by atoms with Crippen LogP contribution in [-0.2, 0) is 16.6 Å². The number of imidazole rings is 1. The second-order valence-electron chi connectivity index (χ2n) is 3.96. The lowest BCUT2D eigenvalue weighted by Gasteiger charge is -2.04. The van der Waals surface area contributed by atoms with Crippen LogP contribution in [0, 0.1) is 23.7 Å². The Morgan fingerprint density at radius 3 is 3.12 bits per heavy atom. The average Bonchev–Trinajstić information content (AvgIpc) is 2.82. The van der Waals surface area contributed by atoms with Gasteiger partial charge in [-0.3, -0.25) is 4.79 Å². The molecule has 0 saturated carbocycles. The van der Waals surface area contributed by atoms with Crippen LogP contribution in [0.2, 0.25) is 0 Å². The van der Waals surface area contributed by atoms with Crippen molar-refractivity contribution in [2.75, 3.05) is 6.61 Å². The summed E-state index contributed by atoms with van der Waals surface area (Å²) in [6.45, 7) is 2.42. The molecule has 0 amide bonds. The van der Waals surface area contributed by atoms with Crippen molar-refractivity contribution in [3.05, 3.63) is 18.2 Å². The first-order valence-corrected chi connectivity index (χ1v) is 5.43. The van der Waals surface area contributed by atoms with Gasteiger partial charge in [-0.1, -0.05) is 12.8 Å². The minimum atomic E-state index is -0.111. The number of hydrogen-bond donors (Lipinski definition) is 1. The van der Waals surface area contributed by atoms with Crippen LogP contribution in [0.3, 0.4) is 0 Å². The van der Waals surface area contributed by atoms with Crippen molar-refractivity contribution in [3.63, 3.8) is 0 Å². The molecule has 1 fully saturated rings. The predicted molar refractivity (Wildman–Crippen MR) is 57.1 cm³/mol. The van der Waals surface area contributed by atoms with Gasteiger partial charge in [0.25, 0.3) is 0 Å². The maximum atomic E-state index is 11.3. The molecule has 1 N–H and O–H groups in total. The fourth-order valence-corrected chi connectivity index (χ4v) is 1.84. The molecule has 84 valence electrons. The molecule has 0 bridgehead atoms. The number of carbonyl (C=O) groups is 1. The van der Waals surface area contributed by atoms with Gasteiger partial charge in [-0.25, -0.2) is 9.55 Å². The van der Waals surface area contributed by atoms with E-state index in [4.69, 9.17) is 4.74 Å². The number of carbonyl (C=O) groups excluding carboxylic acids is 1. The van der Waals surface area contributed by atoms with Crippen LogP contribution in [-0.4, -0.2) is 17.6 Å². The van der Waals surface area contributed by atoms with Gasteiger partial charge in [0.2, 0.25) is 12.0 Å². The van der Waals surface area contributed by atoms with Crippen LogP contribution in [0.4, 0.5) is 0 Å². The SMILES string of the molecule is CC[C@@H]1C(=O)OC[C@@H]1C#Cc1c[nH]c[n+]1C. The third kappa shape index (κ3) is 1.94. The maximum absolute atomic E-state index is 11.3. The molecule has 2 atom stereocenters. The van der Waals surface area contributed by atoms with Crippen LogP contribution >= 0.6 is 0 Å². The van der Waals surface area contributed by atoms with E-state index in [2.05, 4.69) is 16.8 Å². The Morgan fingerprint density at radius 1 is 1.69 bits per heavy atom. The second kappa shape index (κ2) is 4.40. The number of H-pyrrole nitrogens is 1. The highest BCUT2D eigenvalue weighted by atomic mass is 16.5. The third-order valence-corrected chi connectivity index (χ3v) is 2.89. The van der Waals surface area contributed by atoms with E-state index in [1.54, 1.807) is 0 Å². The van der Waals surface area contributed by atoms with Gasteiger partial charge < -0.3 is 4.74 Å². The lowest BCUT2D eigenvalue weighted by atomic mass is 9.93. The monoisotopic (exact) mass is 219 g/mol. The third-order valence-electron chi connectivity index (χ3n) is 2.89. The number of aromatic nitrogens is 2. The number of rotatable bonds is 1. The summed E-state index contributed by atoms with van der Waals surface area (Å²) in [6, 6.07) is 0. The van der Waals surface area contributed by atoms with E-state index in [1.807, 2.05) is 31.1 Å². The highest BCUT2D eigenvalue weighted by Crippen LogP contribution is 2.24. The molecule has 1 aromatic heterocycles. The standard InChI is InChI=1S/C12H14N2O2/c1-3-11-9(7-16-12(11)15)4-5-10-6-13-8-14(10)2/h6,8-9,11H,3,7H2,1-2H3/p+1/t9-,11-/m0/s1. The van der Waals surface area contributed by atoms with Gasteiger partial charge in [-0.2, -0.15) is 0 Å². The molecule has 16 heavy (non-hydrogen) atoms. The predicted octanol–water partition coefficient (Wildman–Crippen LogP) is 0.390. The molecule has 0 radical (unpaired) electrons. The maximum Gasteiger partial charge on any atom is 0.310 e. The summed E-state index contributed by atoms with van der Waals surface area (Å²) >= 11 is 0. The Bertz CT molecular complexity index is 453. The fraction of sp³-hybridized carbons (Fsp3) is 0.500. The molecule has 4 nitrogen and oxygen atoms in total. The number of aryl methyl sites for hydroxylation is 1. The summed E-state index contributed by atoms with van der Waals surface area (Å²) in [5, 5.41) is 0. The number of hydrogen-bond acceptors (Lipinski definition) is 2. The summed E-state index contributed by atoms with van der Waals surface area (Å²) in [5.41, 5.74) is 0.911. The lowest BCUT2D eigenvalue weighted by molar-refractivity contribution is -0.672. The van der Waals surface area contributed by atoms with Crippen molar-refractivity contribution in [3.8, 4) is 11.8 Å². The zero-order valence-corrected chi connectivity index (χ0v) is 9.49. The van der Waals surface area contributed by atoms with Crippen molar-refractivity contribution in [2.24, 2.45) is 18.9 Å². The van der Waals surface area contributed by atoms with Gasteiger partial charge in [0.15, 0.2) is 0 Å². The first kappa shape index (κ1) is 10.7. The number of ether oxygens (including phenoxy) is 1. The Kier molecular flexibility index (Phi) is 2.95. The number of nitrogens with one attached hydrogen (secondary N) is 1.